The minimum absolute atomic E-state index is 0.181. The molecule has 0 aliphatic rings. The summed E-state index contributed by atoms with van der Waals surface area (Å²) in [4.78, 5) is 0. The van der Waals surface area contributed by atoms with Gasteiger partial charge in [-0.1, -0.05) is 22.0 Å². The van der Waals surface area contributed by atoms with E-state index in [0.29, 0.717) is 17.9 Å². The molecule has 0 fully saturated rings. The summed E-state index contributed by atoms with van der Waals surface area (Å²) >= 11 is 3.44. The topological polar surface area (TPSA) is 35.2 Å². The van der Waals surface area contributed by atoms with Crippen LogP contribution in [-0.2, 0) is 13.0 Å². The zero-order valence-corrected chi connectivity index (χ0v) is 12.3. The molecular formula is C15H14BrF2NO. The molecule has 0 bridgehead atoms. The Balaban J connectivity index is 2.06. The molecule has 0 saturated heterocycles. The highest BCUT2D eigenvalue weighted by Gasteiger charge is 2.05. The minimum Gasteiger partial charge on any atom is -0.489 e. The molecule has 0 heterocycles. The molecule has 0 atom stereocenters. The maximum atomic E-state index is 13.1. The predicted octanol–water partition coefficient (Wildman–Crippen LogP) is 3.81. The Bertz CT molecular complexity index is 604. The van der Waals surface area contributed by atoms with Crippen molar-refractivity contribution in [3.05, 3.63) is 63.6 Å². The van der Waals surface area contributed by atoms with Gasteiger partial charge in [-0.15, -0.1) is 0 Å². The van der Waals surface area contributed by atoms with Crippen molar-refractivity contribution in [3.8, 4) is 5.75 Å². The first-order chi connectivity index (χ1) is 9.60. The third-order valence-corrected chi connectivity index (χ3v) is 3.59. The summed E-state index contributed by atoms with van der Waals surface area (Å²) in [5.74, 6) is -1.06. The van der Waals surface area contributed by atoms with E-state index in [1.807, 2.05) is 18.2 Å². The summed E-state index contributed by atoms with van der Waals surface area (Å²) in [5, 5.41) is 0. The van der Waals surface area contributed by atoms with Gasteiger partial charge in [0.2, 0.25) is 0 Å². The molecule has 0 spiro atoms. The lowest BCUT2D eigenvalue weighted by molar-refractivity contribution is 0.304. The van der Waals surface area contributed by atoms with Gasteiger partial charge in [-0.25, -0.2) is 8.78 Å². The average Bonchev–Trinajstić information content (AvgIpc) is 2.43. The van der Waals surface area contributed by atoms with Crippen LogP contribution in [0.1, 0.15) is 11.1 Å². The molecule has 20 heavy (non-hydrogen) atoms. The molecule has 0 aliphatic carbocycles. The molecule has 0 aromatic heterocycles. The van der Waals surface area contributed by atoms with Crippen LogP contribution in [0.25, 0.3) is 0 Å². The van der Waals surface area contributed by atoms with Crippen molar-refractivity contribution in [1.29, 1.82) is 0 Å². The van der Waals surface area contributed by atoms with Crippen LogP contribution in [0.15, 0.2) is 40.9 Å². The van der Waals surface area contributed by atoms with Crippen molar-refractivity contribution in [2.24, 2.45) is 5.73 Å². The third kappa shape index (κ3) is 3.77. The number of nitrogens with two attached hydrogens (primary N) is 1. The summed E-state index contributed by atoms with van der Waals surface area (Å²) in [6.07, 6.45) is 0.739. The van der Waals surface area contributed by atoms with Gasteiger partial charge in [-0.2, -0.15) is 0 Å². The van der Waals surface area contributed by atoms with Crippen LogP contribution >= 0.6 is 15.9 Å². The Morgan fingerprint density at radius 1 is 1.05 bits per heavy atom. The molecule has 2 aromatic carbocycles. The number of rotatable bonds is 5. The van der Waals surface area contributed by atoms with E-state index in [1.54, 1.807) is 0 Å². The minimum atomic E-state index is -0.870. The third-order valence-electron chi connectivity index (χ3n) is 2.82. The van der Waals surface area contributed by atoms with E-state index in [9.17, 15) is 8.78 Å². The van der Waals surface area contributed by atoms with Crippen LogP contribution < -0.4 is 10.5 Å². The molecule has 2 N–H and O–H groups in total. The predicted molar refractivity (Wildman–Crippen MR) is 77.6 cm³/mol. The van der Waals surface area contributed by atoms with Crippen molar-refractivity contribution >= 4 is 15.9 Å². The largest absolute Gasteiger partial charge is 0.489 e. The van der Waals surface area contributed by atoms with Gasteiger partial charge in [0.05, 0.1) is 0 Å². The molecule has 5 heteroatoms. The Kier molecular flexibility index (Phi) is 5.09. The molecule has 106 valence electrons. The fourth-order valence-electron chi connectivity index (χ4n) is 1.78. The summed E-state index contributed by atoms with van der Waals surface area (Å²) in [5.41, 5.74) is 7.16. The van der Waals surface area contributed by atoms with Crippen LogP contribution in [0.5, 0.6) is 5.75 Å². The van der Waals surface area contributed by atoms with E-state index in [4.69, 9.17) is 10.5 Å². The first kappa shape index (κ1) is 14.9. The van der Waals surface area contributed by atoms with Crippen LogP contribution in [0.2, 0.25) is 0 Å². The molecule has 0 aliphatic heterocycles. The fourth-order valence-corrected chi connectivity index (χ4v) is 2.23. The van der Waals surface area contributed by atoms with Crippen molar-refractivity contribution in [2.45, 2.75) is 13.0 Å². The van der Waals surface area contributed by atoms with Crippen molar-refractivity contribution < 1.29 is 13.5 Å². The highest BCUT2D eigenvalue weighted by atomic mass is 79.9. The van der Waals surface area contributed by atoms with Gasteiger partial charge in [-0.05, 0) is 54.4 Å². The SMILES string of the molecule is NCCc1cc(OCc2ccc(F)c(F)c2)ccc1Br. The Morgan fingerprint density at radius 2 is 1.85 bits per heavy atom. The Morgan fingerprint density at radius 3 is 2.55 bits per heavy atom. The second kappa shape index (κ2) is 6.81. The molecule has 2 nitrogen and oxygen atoms in total. The summed E-state index contributed by atoms with van der Waals surface area (Å²) < 4.78 is 32.4. The van der Waals surface area contributed by atoms with Crippen molar-refractivity contribution in [3.63, 3.8) is 0 Å². The number of ether oxygens (including phenoxy) is 1. The van der Waals surface area contributed by atoms with Crippen LogP contribution in [-0.4, -0.2) is 6.54 Å². The van der Waals surface area contributed by atoms with Gasteiger partial charge in [0.25, 0.3) is 0 Å². The monoisotopic (exact) mass is 341 g/mol. The summed E-state index contributed by atoms with van der Waals surface area (Å²) in [7, 11) is 0. The standard InChI is InChI=1S/C15H14BrF2NO/c16-13-3-2-12(8-11(13)5-6-19)20-9-10-1-4-14(17)15(18)7-10/h1-4,7-8H,5-6,9,19H2. The lowest BCUT2D eigenvalue weighted by Crippen LogP contribution is -2.04. The quantitative estimate of drug-likeness (QED) is 0.897. The van der Waals surface area contributed by atoms with Gasteiger partial charge in [0.1, 0.15) is 12.4 Å². The van der Waals surface area contributed by atoms with Gasteiger partial charge < -0.3 is 10.5 Å². The second-order valence-corrected chi connectivity index (χ2v) is 5.18. The molecular weight excluding hydrogens is 328 g/mol. The highest BCUT2D eigenvalue weighted by molar-refractivity contribution is 9.10. The summed E-state index contributed by atoms with van der Waals surface area (Å²) in [6.45, 7) is 0.728. The molecule has 2 rings (SSSR count). The fraction of sp³-hybridized carbons (Fsp3) is 0.200. The first-order valence-corrected chi connectivity index (χ1v) is 6.94. The average molecular weight is 342 g/mol. The zero-order valence-electron chi connectivity index (χ0n) is 10.7. The van der Waals surface area contributed by atoms with E-state index in [2.05, 4.69) is 15.9 Å². The number of halogens is 3. The number of hydrogen-bond acceptors (Lipinski definition) is 2. The van der Waals surface area contributed by atoms with Crippen LogP contribution in [0.3, 0.4) is 0 Å². The maximum Gasteiger partial charge on any atom is 0.159 e. The second-order valence-electron chi connectivity index (χ2n) is 4.33. The van der Waals surface area contributed by atoms with Gasteiger partial charge >= 0.3 is 0 Å². The zero-order chi connectivity index (χ0) is 14.5. The lowest BCUT2D eigenvalue weighted by Gasteiger charge is -2.09. The van der Waals surface area contributed by atoms with Gasteiger partial charge in [-0.3, -0.25) is 0 Å². The van der Waals surface area contributed by atoms with Crippen LogP contribution in [0, 0.1) is 11.6 Å². The molecule has 0 amide bonds. The normalized spacial score (nSPS) is 10.6. The Labute approximate surface area is 124 Å². The maximum absolute atomic E-state index is 13.1. The van der Waals surface area contributed by atoms with Crippen molar-refractivity contribution in [1.82, 2.24) is 0 Å². The molecule has 2 aromatic rings. The number of hydrogen-bond donors (Lipinski definition) is 1. The number of benzene rings is 2. The van der Waals surface area contributed by atoms with Gasteiger partial charge in [0.15, 0.2) is 11.6 Å². The smallest absolute Gasteiger partial charge is 0.159 e. The van der Waals surface area contributed by atoms with E-state index in [-0.39, 0.29) is 6.61 Å². The van der Waals surface area contributed by atoms with E-state index in [1.165, 1.54) is 6.07 Å². The highest BCUT2D eigenvalue weighted by Crippen LogP contribution is 2.23. The summed E-state index contributed by atoms with van der Waals surface area (Å²) in [6, 6.07) is 9.30. The van der Waals surface area contributed by atoms with Crippen LogP contribution in [0.4, 0.5) is 8.78 Å². The van der Waals surface area contributed by atoms with E-state index < -0.39 is 11.6 Å². The van der Waals surface area contributed by atoms with Crippen molar-refractivity contribution in [2.75, 3.05) is 6.54 Å². The first-order valence-electron chi connectivity index (χ1n) is 6.15. The van der Waals surface area contributed by atoms with Gasteiger partial charge in [0, 0.05) is 4.47 Å². The molecule has 0 unspecified atom stereocenters. The van der Waals surface area contributed by atoms with E-state index >= 15 is 0 Å². The van der Waals surface area contributed by atoms with E-state index in [0.717, 1.165) is 28.6 Å². The lowest BCUT2D eigenvalue weighted by atomic mass is 10.1. The Hall–Kier alpha value is -1.46. The molecule has 0 radical (unpaired) electrons. The molecule has 0 saturated carbocycles.